The number of anilines is 1. The van der Waals surface area contributed by atoms with Crippen LogP contribution in [0.4, 0.5) is 10.1 Å². The molecule has 1 unspecified atom stereocenters. The predicted octanol–water partition coefficient (Wildman–Crippen LogP) is 4.06. The van der Waals surface area contributed by atoms with E-state index in [1.54, 1.807) is 12.1 Å². The molecule has 0 saturated heterocycles. The fraction of sp³-hybridized carbons (Fsp3) is 0.350. The molecule has 0 aliphatic heterocycles. The van der Waals surface area contributed by atoms with Crippen molar-refractivity contribution in [3.63, 3.8) is 0 Å². The van der Waals surface area contributed by atoms with Crippen LogP contribution in [0, 0.1) is 5.82 Å². The van der Waals surface area contributed by atoms with Crippen LogP contribution in [0.2, 0.25) is 0 Å². The lowest BCUT2D eigenvalue weighted by Crippen LogP contribution is -2.38. The van der Waals surface area contributed by atoms with Crippen molar-refractivity contribution in [1.29, 1.82) is 0 Å². The summed E-state index contributed by atoms with van der Waals surface area (Å²) >= 11 is 0. The van der Waals surface area contributed by atoms with Gasteiger partial charge in [-0.3, -0.25) is 4.79 Å². The highest BCUT2D eigenvalue weighted by atomic mass is 35.5. The van der Waals surface area contributed by atoms with Crippen molar-refractivity contribution < 1.29 is 9.18 Å². The van der Waals surface area contributed by atoms with Crippen LogP contribution >= 0.6 is 12.4 Å². The van der Waals surface area contributed by atoms with Crippen LogP contribution in [-0.4, -0.2) is 5.91 Å². The molecule has 4 rings (SSSR count). The number of rotatable bonds is 3. The number of hydrogen-bond donors (Lipinski definition) is 2. The van der Waals surface area contributed by atoms with Gasteiger partial charge in [0.15, 0.2) is 0 Å². The van der Waals surface area contributed by atoms with Gasteiger partial charge < -0.3 is 11.1 Å². The second-order valence-electron chi connectivity index (χ2n) is 6.97. The molecule has 0 radical (unpaired) electrons. The lowest BCUT2D eigenvalue weighted by molar-refractivity contribution is -0.124. The minimum atomic E-state index is -0.473. The molecular weight excluding hydrogens is 339 g/mol. The largest absolute Gasteiger partial charge is 0.399 e. The molecule has 1 atom stereocenters. The Hall–Kier alpha value is -2.07. The molecule has 2 aliphatic rings. The molecule has 2 aliphatic carbocycles. The number of nitrogens with one attached hydrogen (secondary N) is 1. The highest BCUT2D eigenvalue weighted by molar-refractivity contribution is 5.91. The number of halogens is 2. The standard InChI is InChI=1S/C20H21FN2O.ClH/c21-15-6-4-14(5-7-15)20(10-11-20)19(24)23-18-3-1-2-13-12-16(22)8-9-17(13)18;/h4-9,12,18H,1-3,10-11,22H2,(H,23,24);1H. The minimum Gasteiger partial charge on any atom is -0.399 e. The van der Waals surface area contributed by atoms with Gasteiger partial charge in [0, 0.05) is 5.69 Å². The second kappa shape index (κ2) is 6.68. The molecule has 0 spiro atoms. The van der Waals surface area contributed by atoms with Crippen molar-refractivity contribution in [2.75, 3.05) is 5.73 Å². The third-order valence-corrected chi connectivity index (χ3v) is 5.37. The van der Waals surface area contributed by atoms with Gasteiger partial charge in [0.2, 0.25) is 5.91 Å². The molecule has 1 fully saturated rings. The Morgan fingerprint density at radius 2 is 1.88 bits per heavy atom. The molecule has 5 heteroatoms. The Balaban J connectivity index is 0.00000182. The van der Waals surface area contributed by atoms with E-state index in [4.69, 9.17) is 5.73 Å². The SMILES string of the molecule is Cl.Nc1ccc2c(c1)CCCC2NC(=O)C1(c2ccc(F)cc2)CC1. The van der Waals surface area contributed by atoms with Crippen molar-refractivity contribution in [2.45, 2.75) is 43.6 Å². The van der Waals surface area contributed by atoms with Crippen LogP contribution in [0.1, 0.15) is 48.4 Å². The fourth-order valence-corrected chi connectivity index (χ4v) is 3.82. The Morgan fingerprint density at radius 1 is 1.16 bits per heavy atom. The second-order valence-corrected chi connectivity index (χ2v) is 6.97. The van der Waals surface area contributed by atoms with E-state index < -0.39 is 5.41 Å². The van der Waals surface area contributed by atoms with E-state index in [1.807, 2.05) is 18.2 Å². The molecule has 1 amide bonds. The summed E-state index contributed by atoms with van der Waals surface area (Å²) in [6.07, 6.45) is 4.65. The van der Waals surface area contributed by atoms with E-state index in [9.17, 15) is 9.18 Å². The third-order valence-electron chi connectivity index (χ3n) is 5.37. The smallest absolute Gasteiger partial charge is 0.231 e. The summed E-state index contributed by atoms with van der Waals surface area (Å²) in [4.78, 5) is 12.9. The van der Waals surface area contributed by atoms with Crippen LogP contribution in [-0.2, 0) is 16.6 Å². The Labute approximate surface area is 153 Å². The summed E-state index contributed by atoms with van der Waals surface area (Å²) in [6, 6.07) is 12.3. The predicted molar refractivity (Wildman–Crippen MR) is 99.2 cm³/mol. The van der Waals surface area contributed by atoms with Crippen LogP contribution in [0.5, 0.6) is 0 Å². The van der Waals surface area contributed by atoms with Crippen molar-refractivity contribution in [2.24, 2.45) is 0 Å². The Bertz CT molecular complexity index is 787. The first-order valence-electron chi connectivity index (χ1n) is 8.54. The molecule has 0 bridgehead atoms. The van der Waals surface area contributed by atoms with Gasteiger partial charge >= 0.3 is 0 Å². The van der Waals surface area contributed by atoms with Gasteiger partial charge in [-0.25, -0.2) is 4.39 Å². The lowest BCUT2D eigenvalue weighted by Gasteiger charge is -2.28. The highest BCUT2D eigenvalue weighted by Gasteiger charge is 2.51. The van der Waals surface area contributed by atoms with E-state index in [2.05, 4.69) is 5.32 Å². The average molecular weight is 361 g/mol. The first-order chi connectivity index (χ1) is 11.6. The number of fused-ring (bicyclic) bond motifs is 1. The zero-order valence-electron chi connectivity index (χ0n) is 13.9. The minimum absolute atomic E-state index is 0. The van der Waals surface area contributed by atoms with Crippen molar-refractivity contribution in [1.82, 2.24) is 5.32 Å². The molecule has 132 valence electrons. The average Bonchev–Trinajstić information content (AvgIpc) is 3.37. The first-order valence-corrected chi connectivity index (χ1v) is 8.54. The number of benzene rings is 2. The fourth-order valence-electron chi connectivity index (χ4n) is 3.82. The molecule has 25 heavy (non-hydrogen) atoms. The van der Waals surface area contributed by atoms with E-state index in [0.717, 1.165) is 43.4 Å². The van der Waals surface area contributed by atoms with E-state index in [-0.39, 0.29) is 30.2 Å². The van der Waals surface area contributed by atoms with Gasteiger partial charge in [-0.1, -0.05) is 18.2 Å². The summed E-state index contributed by atoms with van der Waals surface area (Å²) in [7, 11) is 0. The summed E-state index contributed by atoms with van der Waals surface area (Å²) in [5, 5.41) is 3.24. The molecule has 0 heterocycles. The Morgan fingerprint density at radius 3 is 2.56 bits per heavy atom. The quantitative estimate of drug-likeness (QED) is 0.811. The van der Waals surface area contributed by atoms with Gasteiger partial charge in [0.1, 0.15) is 5.82 Å². The monoisotopic (exact) mass is 360 g/mol. The zero-order valence-corrected chi connectivity index (χ0v) is 14.7. The van der Waals surface area contributed by atoms with Crippen LogP contribution in [0.25, 0.3) is 0 Å². The number of nitrogen functional groups attached to an aromatic ring is 1. The molecule has 3 N–H and O–H groups in total. The number of carbonyl (C=O) groups excluding carboxylic acids is 1. The maximum absolute atomic E-state index is 13.2. The van der Waals surface area contributed by atoms with Crippen molar-refractivity contribution in [3.05, 3.63) is 65.0 Å². The number of amides is 1. The lowest BCUT2D eigenvalue weighted by atomic mass is 9.86. The maximum atomic E-state index is 13.2. The van der Waals surface area contributed by atoms with Gasteiger partial charge in [-0.05, 0) is 73.1 Å². The van der Waals surface area contributed by atoms with Gasteiger partial charge in [0.05, 0.1) is 11.5 Å². The summed E-state index contributed by atoms with van der Waals surface area (Å²) < 4.78 is 13.2. The van der Waals surface area contributed by atoms with Gasteiger partial charge in [0.25, 0.3) is 0 Å². The van der Waals surface area contributed by atoms with Crippen molar-refractivity contribution >= 4 is 24.0 Å². The van der Waals surface area contributed by atoms with E-state index in [0.29, 0.717) is 0 Å². The number of nitrogens with two attached hydrogens (primary N) is 1. The van der Waals surface area contributed by atoms with Crippen LogP contribution in [0.3, 0.4) is 0 Å². The topological polar surface area (TPSA) is 55.1 Å². The Kier molecular flexibility index (Phi) is 4.74. The number of carbonyl (C=O) groups is 1. The normalized spacial score (nSPS) is 20.1. The van der Waals surface area contributed by atoms with Crippen molar-refractivity contribution in [3.8, 4) is 0 Å². The zero-order chi connectivity index (χ0) is 16.7. The molecule has 1 saturated carbocycles. The summed E-state index contributed by atoms with van der Waals surface area (Å²) in [6.45, 7) is 0. The number of hydrogen-bond acceptors (Lipinski definition) is 2. The number of aryl methyl sites for hydroxylation is 1. The summed E-state index contributed by atoms with van der Waals surface area (Å²) in [5.74, 6) is -0.211. The van der Waals surface area contributed by atoms with E-state index >= 15 is 0 Å². The van der Waals surface area contributed by atoms with Gasteiger partial charge in [-0.15, -0.1) is 12.4 Å². The molecule has 3 nitrogen and oxygen atoms in total. The molecule has 0 aromatic heterocycles. The van der Waals surface area contributed by atoms with Crippen LogP contribution < -0.4 is 11.1 Å². The summed E-state index contributed by atoms with van der Waals surface area (Å²) in [5.41, 5.74) is 9.50. The highest BCUT2D eigenvalue weighted by Crippen LogP contribution is 2.49. The van der Waals surface area contributed by atoms with Crippen LogP contribution in [0.15, 0.2) is 42.5 Å². The molecule has 2 aromatic rings. The first kappa shape index (κ1) is 17.7. The third kappa shape index (κ3) is 3.23. The maximum Gasteiger partial charge on any atom is 0.231 e. The van der Waals surface area contributed by atoms with Gasteiger partial charge in [-0.2, -0.15) is 0 Å². The van der Waals surface area contributed by atoms with E-state index in [1.165, 1.54) is 23.3 Å². The molecular formula is C20H22ClFN2O. The molecule has 2 aromatic carbocycles.